The monoisotopic (exact) mass is 368 g/mol. The highest BCUT2D eigenvalue weighted by molar-refractivity contribution is 7.99. The summed E-state index contributed by atoms with van der Waals surface area (Å²) in [5, 5.41) is 19.3. The molecule has 1 atom stereocenters. The Kier molecular flexibility index (Phi) is 5.14. The first-order chi connectivity index (χ1) is 12.5. The lowest BCUT2D eigenvalue weighted by Gasteiger charge is -2.14. The number of hydrogen-bond donors (Lipinski definition) is 2. The van der Waals surface area contributed by atoms with Crippen molar-refractivity contribution in [3.63, 3.8) is 0 Å². The van der Waals surface area contributed by atoms with Gasteiger partial charge in [0, 0.05) is 16.9 Å². The van der Waals surface area contributed by atoms with Crippen LogP contribution in [0.4, 0.5) is 0 Å². The molecule has 3 aromatic rings. The van der Waals surface area contributed by atoms with Crippen LogP contribution in [-0.2, 0) is 0 Å². The van der Waals surface area contributed by atoms with E-state index in [1.807, 2.05) is 6.07 Å². The zero-order valence-corrected chi connectivity index (χ0v) is 14.7. The summed E-state index contributed by atoms with van der Waals surface area (Å²) >= 11 is 1.07. The molecule has 0 aliphatic heterocycles. The van der Waals surface area contributed by atoms with Crippen LogP contribution in [0.15, 0.2) is 74.8 Å². The van der Waals surface area contributed by atoms with Gasteiger partial charge in [-0.2, -0.15) is 0 Å². The Labute approximate surface area is 153 Å². The van der Waals surface area contributed by atoms with Gasteiger partial charge in [0.05, 0.1) is 5.56 Å². The zero-order valence-electron chi connectivity index (χ0n) is 13.9. The second kappa shape index (κ2) is 7.49. The third-order valence-corrected chi connectivity index (χ3v) is 5.09. The van der Waals surface area contributed by atoms with E-state index in [-0.39, 0.29) is 27.2 Å². The molecule has 0 spiro atoms. The van der Waals surface area contributed by atoms with E-state index in [0.717, 1.165) is 11.8 Å². The Hall–Kier alpha value is -2.99. The van der Waals surface area contributed by atoms with Gasteiger partial charge in [0.15, 0.2) is 0 Å². The van der Waals surface area contributed by atoms with E-state index in [1.165, 1.54) is 12.1 Å². The van der Waals surface area contributed by atoms with E-state index in [0.29, 0.717) is 11.1 Å². The topological polar surface area (TPSA) is 87.7 Å². The van der Waals surface area contributed by atoms with Gasteiger partial charge in [-0.25, -0.2) is 9.59 Å². The lowest BCUT2D eigenvalue weighted by Crippen LogP contribution is -2.07. The van der Waals surface area contributed by atoms with Crippen molar-refractivity contribution in [1.29, 1.82) is 0 Å². The van der Waals surface area contributed by atoms with Crippen LogP contribution in [0.5, 0.6) is 5.75 Å². The van der Waals surface area contributed by atoms with Crippen LogP contribution >= 0.6 is 11.8 Å². The number of rotatable bonds is 5. The maximum atomic E-state index is 12.4. The maximum Gasteiger partial charge on any atom is 0.353 e. The van der Waals surface area contributed by atoms with Gasteiger partial charge in [0.25, 0.3) is 0 Å². The molecule has 0 amide bonds. The number of benzene rings is 2. The molecule has 2 aromatic carbocycles. The molecule has 1 heterocycles. The summed E-state index contributed by atoms with van der Waals surface area (Å²) in [6.07, 6.45) is 0. The average Bonchev–Trinajstić information content (AvgIpc) is 2.65. The Bertz CT molecular complexity index is 995. The minimum Gasteiger partial charge on any atom is -0.506 e. The second-order valence-corrected chi connectivity index (χ2v) is 6.98. The maximum absolute atomic E-state index is 12.4. The van der Waals surface area contributed by atoms with Gasteiger partial charge in [-0.15, -0.1) is 11.8 Å². The number of aromatic hydroxyl groups is 1. The van der Waals surface area contributed by atoms with Crippen molar-refractivity contribution in [3.05, 3.63) is 82.2 Å². The molecule has 3 rings (SSSR count). The second-order valence-electron chi connectivity index (χ2n) is 5.63. The summed E-state index contributed by atoms with van der Waals surface area (Å²) in [5.41, 5.74) is 0.752. The molecule has 1 unspecified atom stereocenters. The van der Waals surface area contributed by atoms with Gasteiger partial charge in [-0.3, -0.25) is 0 Å². The van der Waals surface area contributed by atoms with E-state index in [1.54, 1.807) is 49.4 Å². The number of thioether (sulfide) groups is 1. The fourth-order valence-electron chi connectivity index (χ4n) is 2.61. The summed E-state index contributed by atoms with van der Waals surface area (Å²) in [6, 6.07) is 17.0. The molecule has 0 aliphatic carbocycles. The van der Waals surface area contributed by atoms with Gasteiger partial charge in [-0.1, -0.05) is 48.5 Å². The first-order valence-electron chi connectivity index (χ1n) is 7.88. The Morgan fingerprint density at radius 1 is 1.08 bits per heavy atom. The molecule has 0 saturated heterocycles. The number of carbonyl (C=O) groups is 1. The summed E-state index contributed by atoms with van der Waals surface area (Å²) in [6.45, 7) is 1.77. The summed E-state index contributed by atoms with van der Waals surface area (Å²) in [7, 11) is 0. The normalized spacial score (nSPS) is 11.9. The van der Waals surface area contributed by atoms with Crippen molar-refractivity contribution in [3.8, 4) is 17.1 Å². The van der Waals surface area contributed by atoms with Crippen molar-refractivity contribution in [2.45, 2.75) is 17.1 Å². The molecule has 132 valence electrons. The predicted molar refractivity (Wildman–Crippen MR) is 99.8 cm³/mol. The quantitative estimate of drug-likeness (QED) is 0.642. The van der Waals surface area contributed by atoms with Crippen LogP contribution in [0.1, 0.15) is 28.1 Å². The molecule has 0 radical (unpaired) electrons. The van der Waals surface area contributed by atoms with Gasteiger partial charge in [0.1, 0.15) is 16.4 Å². The van der Waals surface area contributed by atoms with E-state index in [9.17, 15) is 19.8 Å². The van der Waals surface area contributed by atoms with Crippen molar-refractivity contribution >= 4 is 17.7 Å². The van der Waals surface area contributed by atoms with Crippen LogP contribution < -0.4 is 5.63 Å². The third kappa shape index (κ3) is 3.65. The average molecular weight is 368 g/mol. The van der Waals surface area contributed by atoms with E-state index < -0.39 is 11.6 Å². The SMILES string of the molecule is CC(Sc1c(O)cc(-c2ccccc2)oc1=O)c1ccccc1C(=O)O. The first kappa shape index (κ1) is 17.8. The molecule has 0 aliphatic rings. The van der Waals surface area contributed by atoms with E-state index in [4.69, 9.17) is 4.42 Å². The minimum atomic E-state index is -1.04. The summed E-state index contributed by atoms with van der Waals surface area (Å²) in [4.78, 5) is 23.8. The summed E-state index contributed by atoms with van der Waals surface area (Å²) in [5.74, 6) is -0.954. The molecule has 5 nitrogen and oxygen atoms in total. The summed E-state index contributed by atoms with van der Waals surface area (Å²) < 4.78 is 5.34. The van der Waals surface area contributed by atoms with Crippen molar-refractivity contribution < 1.29 is 19.4 Å². The lowest BCUT2D eigenvalue weighted by molar-refractivity contribution is 0.0695. The molecule has 0 saturated carbocycles. The van der Waals surface area contributed by atoms with E-state index in [2.05, 4.69) is 0 Å². The molecule has 0 fully saturated rings. The Balaban J connectivity index is 1.94. The largest absolute Gasteiger partial charge is 0.506 e. The molecule has 1 aromatic heterocycles. The fourth-order valence-corrected chi connectivity index (χ4v) is 3.61. The van der Waals surface area contributed by atoms with Crippen LogP contribution in [0, 0.1) is 0 Å². The van der Waals surface area contributed by atoms with Crippen molar-refractivity contribution in [2.75, 3.05) is 0 Å². The highest BCUT2D eigenvalue weighted by atomic mass is 32.2. The van der Waals surface area contributed by atoms with Gasteiger partial charge >= 0.3 is 11.6 Å². The lowest BCUT2D eigenvalue weighted by atomic mass is 10.1. The Morgan fingerprint density at radius 3 is 2.38 bits per heavy atom. The zero-order chi connectivity index (χ0) is 18.7. The minimum absolute atomic E-state index is 0.0531. The number of hydrogen-bond acceptors (Lipinski definition) is 5. The van der Waals surface area contributed by atoms with Gasteiger partial charge < -0.3 is 14.6 Å². The van der Waals surface area contributed by atoms with Crippen molar-refractivity contribution in [2.24, 2.45) is 0 Å². The van der Waals surface area contributed by atoms with Gasteiger partial charge in [-0.05, 0) is 18.6 Å². The molecular formula is C20H16O5S. The van der Waals surface area contributed by atoms with Gasteiger partial charge in [0.2, 0.25) is 0 Å². The van der Waals surface area contributed by atoms with Crippen LogP contribution in [0.2, 0.25) is 0 Å². The highest BCUT2D eigenvalue weighted by Gasteiger charge is 2.20. The molecule has 26 heavy (non-hydrogen) atoms. The number of carboxylic acid groups (broad SMARTS) is 1. The van der Waals surface area contributed by atoms with Crippen LogP contribution in [-0.4, -0.2) is 16.2 Å². The molecule has 6 heteroatoms. The standard InChI is InChI=1S/C20H16O5S/c1-12(14-9-5-6-10-15(14)19(22)23)26-18-16(21)11-17(25-20(18)24)13-7-3-2-4-8-13/h2-12,21H,1H3,(H,22,23). The fraction of sp³-hybridized carbons (Fsp3) is 0.100. The number of aromatic carboxylic acids is 1. The van der Waals surface area contributed by atoms with E-state index >= 15 is 0 Å². The predicted octanol–water partition coefficient (Wildman–Crippen LogP) is 4.56. The highest BCUT2D eigenvalue weighted by Crippen LogP contribution is 2.39. The third-order valence-electron chi connectivity index (χ3n) is 3.87. The smallest absolute Gasteiger partial charge is 0.353 e. The van der Waals surface area contributed by atoms with Crippen LogP contribution in [0.3, 0.4) is 0 Å². The molecule has 2 N–H and O–H groups in total. The molecule has 0 bridgehead atoms. The van der Waals surface area contributed by atoms with Crippen molar-refractivity contribution in [1.82, 2.24) is 0 Å². The van der Waals surface area contributed by atoms with Crippen LogP contribution in [0.25, 0.3) is 11.3 Å². The Morgan fingerprint density at radius 2 is 1.73 bits per heavy atom. The molecular weight excluding hydrogens is 352 g/mol. The number of carboxylic acids is 1. The first-order valence-corrected chi connectivity index (χ1v) is 8.76.